The molecule has 0 aliphatic heterocycles. The Morgan fingerprint density at radius 3 is 2.54 bits per heavy atom. The summed E-state index contributed by atoms with van der Waals surface area (Å²) in [5, 5.41) is 7.89. The summed E-state index contributed by atoms with van der Waals surface area (Å²) in [5.74, 6) is -0.931. The standard InChI is InChI=1S/C17H13ClFN3O2/c18-13-3-1-2-11(17(13)19)8-15(23)20-12-6-4-10(5-7-12)14-9-16(24)22-21-14/h1-7,9H,8H2,(H,20,23)(H2,21,22,24). The first-order valence-corrected chi connectivity index (χ1v) is 7.51. The van der Waals surface area contributed by atoms with Crippen molar-refractivity contribution in [1.82, 2.24) is 10.2 Å². The molecule has 1 aromatic heterocycles. The van der Waals surface area contributed by atoms with Crippen molar-refractivity contribution in [1.29, 1.82) is 0 Å². The summed E-state index contributed by atoms with van der Waals surface area (Å²) in [6.07, 6.45) is -0.112. The van der Waals surface area contributed by atoms with Crippen LogP contribution in [0.15, 0.2) is 53.3 Å². The highest BCUT2D eigenvalue weighted by Crippen LogP contribution is 2.20. The molecular formula is C17H13ClFN3O2. The molecule has 0 unspecified atom stereocenters. The van der Waals surface area contributed by atoms with Gasteiger partial charge in [-0.15, -0.1) is 0 Å². The molecule has 2 aromatic carbocycles. The number of benzene rings is 2. The van der Waals surface area contributed by atoms with Gasteiger partial charge in [0.15, 0.2) is 0 Å². The minimum Gasteiger partial charge on any atom is -0.326 e. The summed E-state index contributed by atoms with van der Waals surface area (Å²) in [4.78, 5) is 23.1. The second-order valence-electron chi connectivity index (χ2n) is 5.19. The fourth-order valence-electron chi connectivity index (χ4n) is 2.28. The normalized spacial score (nSPS) is 10.6. The van der Waals surface area contributed by atoms with Crippen molar-refractivity contribution < 1.29 is 9.18 Å². The lowest BCUT2D eigenvalue weighted by Crippen LogP contribution is -2.15. The van der Waals surface area contributed by atoms with Gasteiger partial charge in [-0.1, -0.05) is 35.9 Å². The molecule has 0 aliphatic carbocycles. The van der Waals surface area contributed by atoms with Gasteiger partial charge in [0, 0.05) is 11.8 Å². The zero-order valence-corrected chi connectivity index (χ0v) is 13.2. The number of rotatable bonds is 4. The van der Waals surface area contributed by atoms with Crippen molar-refractivity contribution in [3.63, 3.8) is 0 Å². The molecule has 5 nitrogen and oxygen atoms in total. The third-order valence-corrected chi connectivity index (χ3v) is 3.75. The molecular weight excluding hydrogens is 333 g/mol. The van der Waals surface area contributed by atoms with Crippen molar-refractivity contribution in [2.24, 2.45) is 0 Å². The van der Waals surface area contributed by atoms with Crippen LogP contribution in [0.1, 0.15) is 5.56 Å². The monoisotopic (exact) mass is 345 g/mol. The van der Waals surface area contributed by atoms with Crippen LogP contribution >= 0.6 is 11.6 Å². The molecule has 7 heteroatoms. The second kappa shape index (κ2) is 6.72. The number of hydrogen-bond donors (Lipinski definition) is 3. The van der Waals surface area contributed by atoms with Crippen LogP contribution in [0.2, 0.25) is 5.02 Å². The smallest absolute Gasteiger partial charge is 0.264 e. The quantitative estimate of drug-likeness (QED) is 0.678. The van der Waals surface area contributed by atoms with Crippen LogP contribution in [0, 0.1) is 5.82 Å². The Labute approximate surface area is 141 Å². The van der Waals surface area contributed by atoms with Gasteiger partial charge < -0.3 is 5.32 Å². The van der Waals surface area contributed by atoms with Crippen LogP contribution in [-0.2, 0) is 11.2 Å². The van der Waals surface area contributed by atoms with Crippen molar-refractivity contribution in [2.45, 2.75) is 6.42 Å². The summed E-state index contributed by atoms with van der Waals surface area (Å²) < 4.78 is 13.8. The van der Waals surface area contributed by atoms with Crippen molar-refractivity contribution in [3.05, 3.63) is 75.3 Å². The van der Waals surface area contributed by atoms with E-state index in [0.29, 0.717) is 11.4 Å². The van der Waals surface area contributed by atoms with Gasteiger partial charge in [-0.2, -0.15) is 0 Å². The minimum absolute atomic E-state index is 0.00912. The number of nitrogens with one attached hydrogen (secondary N) is 3. The number of aromatic amines is 2. The van der Waals surface area contributed by atoms with Crippen LogP contribution < -0.4 is 10.9 Å². The number of halogens is 2. The lowest BCUT2D eigenvalue weighted by molar-refractivity contribution is -0.115. The van der Waals surface area contributed by atoms with Gasteiger partial charge in [-0.05, 0) is 29.3 Å². The zero-order chi connectivity index (χ0) is 17.1. The Bertz CT molecular complexity index is 932. The largest absolute Gasteiger partial charge is 0.326 e. The summed E-state index contributed by atoms with van der Waals surface area (Å²) in [7, 11) is 0. The predicted molar refractivity (Wildman–Crippen MR) is 90.6 cm³/mol. The van der Waals surface area contributed by atoms with E-state index in [2.05, 4.69) is 15.5 Å². The van der Waals surface area contributed by atoms with E-state index in [1.165, 1.54) is 18.2 Å². The zero-order valence-electron chi connectivity index (χ0n) is 12.4. The average Bonchev–Trinajstić information content (AvgIpc) is 2.99. The van der Waals surface area contributed by atoms with Gasteiger partial charge in [-0.3, -0.25) is 19.8 Å². The molecule has 24 heavy (non-hydrogen) atoms. The Morgan fingerprint density at radius 2 is 1.88 bits per heavy atom. The van der Waals surface area contributed by atoms with Crippen molar-refractivity contribution in [3.8, 4) is 11.3 Å². The number of carbonyl (C=O) groups excluding carboxylic acids is 1. The number of hydrogen-bond acceptors (Lipinski definition) is 2. The van der Waals surface area contributed by atoms with E-state index in [9.17, 15) is 14.0 Å². The van der Waals surface area contributed by atoms with E-state index in [4.69, 9.17) is 11.6 Å². The lowest BCUT2D eigenvalue weighted by Gasteiger charge is -2.07. The molecule has 0 saturated heterocycles. The first-order chi connectivity index (χ1) is 11.5. The highest BCUT2D eigenvalue weighted by Gasteiger charge is 2.11. The lowest BCUT2D eigenvalue weighted by atomic mass is 10.1. The van der Waals surface area contributed by atoms with E-state index < -0.39 is 5.82 Å². The molecule has 3 N–H and O–H groups in total. The van der Waals surface area contributed by atoms with Crippen LogP contribution in [-0.4, -0.2) is 16.1 Å². The van der Waals surface area contributed by atoms with Gasteiger partial charge in [0.1, 0.15) is 5.82 Å². The summed E-state index contributed by atoms with van der Waals surface area (Å²) >= 11 is 5.70. The SMILES string of the molecule is O=C(Cc1cccc(Cl)c1F)Nc1ccc(-c2cc(=O)[nH][nH]2)cc1. The average molecular weight is 346 g/mol. The molecule has 3 rings (SSSR count). The number of aromatic nitrogens is 2. The first kappa shape index (κ1) is 16.0. The van der Waals surface area contributed by atoms with Gasteiger partial charge >= 0.3 is 0 Å². The number of carbonyl (C=O) groups is 1. The van der Waals surface area contributed by atoms with Crippen LogP contribution in [0.25, 0.3) is 11.3 Å². The molecule has 1 heterocycles. The maximum absolute atomic E-state index is 13.8. The maximum Gasteiger partial charge on any atom is 0.264 e. The van der Waals surface area contributed by atoms with E-state index in [0.717, 1.165) is 5.56 Å². The Kier molecular flexibility index (Phi) is 4.48. The maximum atomic E-state index is 13.8. The number of H-pyrrole nitrogens is 2. The predicted octanol–water partition coefficient (Wildman–Crippen LogP) is 3.34. The molecule has 0 aliphatic rings. The highest BCUT2D eigenvalue weighted by atomic mass is 35.5. The van der Waals surface area contributed by atoms with Crippen LogP contribution in [0.3, 0.4) is 0 Å². The van der Waals surface area contributed by atoms with Crippen LogP contribution in [0.4, 0.5) is 10.1 Å². The summed E-state index contributed by atoms with van der Waals surface area (Å²) in [5.41, 5.74) is 2.04. The molecule has 1 amide bonds. The molecule has 0 spiro atoms. The Balaban J connectivity index is 1.68. The summed E-state index contributed by atoms with van der Waals surface area (Å²) in [6, 6.07) is 12.9. The molecule has 0 atom stereocenters. The van der Waals surface area contributed by atoms with E-state index in [-0.39, 0.29) is 28.5 Å². The molecule has 122 valence electrons. The van der Waals surface area contributed by atoms with Gasteiger partial charge in [-0.25, -0.2) is 4.39 Å². The third kappa shape index (κ3) is 3.55. The third-order valence-electron chi connectivity index (χ3n) is 3.46. The van der Waals surface area contributed by atoms with Crippen LogP contribution in [0.5, 0.6) is 0 Å². The molecule has 0 saturated carbocycles. The number of amides is 1. The Morgan fingerprint density at radius 1 is 1.12 bits per heavy atom. The van der Waals surface area contributed by atoms with Gasteiger partial charge in [0.2, 0.25) is 5.91 Å². The van der Waals surface area contributed by atoms with Crippen molar-refractivity contribution >= 4 is 23.2 Å². The molecule has 0 fully saturated rings. The molecule has 3 aromatic rings. The Hall–Kier alpha value is -2.86. The molecule has 0 radical (unpaired) electrons. The molecule has 0 bridgehead atoms. The first-order valence-electron chi connectivity index (χ1n) is 7.14. The fraction of sp³-hybridized carbons (Fsp3) is 0.0588. The van der Waals surface area contributed by atoms with E-state index in [1.54, 1.807) is 30.3 Å². The number of anilines is 1. The minimum atomic E-state index is -0.582. The second-order valence-corrected chi connectivity index (χ2v) is 5.59. The topological polar surface area (TPSA) is 77.8 Å². The van der Waals surface area contributed by atoms with Gasteiger partial charge in [0.05, 0.1) is 17.1 Å². The highest BCUT2D eigenvalue weighted by molar-refractivity contribution is 6.30. The van der Waals surface area contributed by atoms with E-state index >= 15 is 0 Å². The van der Waals surface area contributed by atoms with Gasteiger partial charge in [0.25, 0.3) is 5.56 Å². The summed E-state index contributed by atoms with van der Waals surface area (Å²) in [6.45, 7) is 0. The fourth-order valence-corrected chi connectivity index (χ4v) is 2.48. The van der Waals surface area contributed by atoms with E-state index in [1.807, 2.05) is 0 Å². The van der Waals surface area contributed by atoms with Crippen molar-refractivity contribution in [2.75, 3.05) is 5.32 Å².